The van der Waals surface area contributed by atoms with Gasteiger partial charge in [-0.25, -0.2) is 4.79 Å². The molecule has 4 amide bonds. The lowest BCUT2D eigenvalue weighted by molar-refractivity contribution is -0.120. The molecule has 6 heteroatoms. The number of nitrogens with zero attached hydrogens (tertiary/aromatic N) is 2. The van der Waals surface area contributed by atoms with Gasteiger partial charge in [0.05, 0.1) is 11.3 Å². The minimum absolute atomic E-state index is 0.0182. The first-order chi connectivity index (χ1) is 11.5. The van der Waals surface area contributed by atoms with Crippen LogP contribution in [-0.4, -0.2) is 42.4 Å². The molecule has 3 aliphatic rings. The summed E-state index contributed by atoms with van der Waals surface area (Å²) in [5, 5.41) is 2.32. The highest BCUT2D eigenvalue weighted by Crippen LogP contribution is 2.60. The molecule has 2 saturated heterocycles. The van der Waals surface area contributed by atoms with Crippen molar-refractivity contribution in [1.29, 1.82) is 0 Å². The highest BCUT2D eigenvalue weighted by atomic mass is 16.2. The first kappa shape index (κ1) is 15.2. The monoisotopic (exact) mass is 327 g/mol. The smallest absolute Gasteiger partial charge is 0.328 e. The van der Waals surface area contributed by atoms with Crippen LogP contribution >= 0.6 is 0 Å². The number of benzene rings is 1. The second-order valence-electron chi connectivity index (χ2n) is 7.07. The molecule has 2 heterocycles. The molecule has 0 spiro atoms. The SMILES string of the molecule is CCC12CC1CN(C(=O)c1ccccc1N1CCC(=O)NC1=O)C2. The van der Waals surface area contributed by atoms with Gasteiger partial charge >= 0.3 is 6.03 Å². The Kier molecular flexibility index (Phi) is 3.37. The van der Waals surface area contributed by atoms with Gasteiger partial charge in [0.15, 0.2) is 0 Å². The predicted molar refractivity (Wildman–Crippen MR) is 88.7 cm³/mol. The fourth-order valence-electron chi connectivity index (χ4n) is 4.15. The third-order valence-electron chi connectivity index (χ3n) is 5.78. The van der Waals surface area contributed by atoms with Crippen LogP contribution in [0, 0.1) is 11.3 Å². The molecule has 1 aromatic rings. The average Bonchev–Trinajstić information content (AvgIpc) is 3.15. The van der Waals surface area contributed by atoms with Gasteiger partial charge in [0, 0.05) is 26.1 Å². The van der Waals surface area contributed by atoms with E-state index < -0.39 is 6.03 Å². The number of urea groups is 1. The van der Waals surface area contributed by atoms with E-state index in [2.05, 4.69) is 12.2 Å². The van der Waals surface area contributed by atoms with Gasteiger partial charge in [0.2, 0.25) is 5.91 Å². The molecule has 1 aromatic carbocycles. The van der Waals surface area contributed by atoms with Crippen molar-refractivity contribution in [1.82, 2.24) is 10.2 Å². The van der Waals surface area contributed by atoms with Crippen LogP contribution in [0.15, 0.2) is 24.3 Å². The summed E-state index contributed by atoms with van der Waals surface area (Å²) in [5.74, 6) is 0.342. The molecule has 126 valence electrons. The number of carbonyl (C=O) groups excluding carboxylic acids is 3. The summed E-state index contributed by atoms with van der Waals surface area (Å²) < 4.78 is 0. The normalized spacial score (nSPS) is 28.6. The molecule has 0 aromatic heterocycles. The maximum absolute atomic E-state index is 13.0. The molecule has 1 saturated carbocycles. The maximum Gasteiger partial charge on any atom is 0.328 e. The number of imide groups is 1. The minimum Gasteiger partial charge on any atom is -0.338 e. The fraction of sp³-hybridized carbons (Fsp3) is 0.500. The highest BCUT2D eigenvalue weighted by molar-refractivity contribution is 6.09. The minimum atomic E-state index is -0.458. The fourth-order valence-corrected chi connectivity index (χ4v) is 4.15. The number of nitrogens with one attached hydrogen (secondary N) is 1. The Balaban J connectivity index is 1.59. The third kappa shape index (κ3) is 2.28. The van der Waals surface area contributed by atoms with Crippen LogP contribution in [0.2, 0.25) is 0 Å². The maximum atomic E-state index is 13.0. The lowest BCUT2D eigenvalue weighted by Crippen LogP contribution is -2.50. The molecular weight excluding hydrogens is 306 g/mol. The molecule has 2 aliphatic heterocycles. The largest absolute Gasteiger partial charge is 0.338 e. The summed E-state index contributed by atoms with van der Waals surface area (Å²) in [6.07, 6.45) is 2.59. The van der Waals surface area contributed by atoms with Gasteiger partial charge in [-0.15, -0.1) is 0 Å². The Bertz CT molecular complexity index is 728. The lowest BCUT2D eigenvalue weighted by Gasteiger charge is -2.29. The second kappa shape index (κ2) is 5.33. The molecule has 1 N–H and O–H groups in total. The van der Waals surface area contributed by atoms with Crippen molar-refractivity contribution in [2.24, 2.45) is 11.3 Å². The number of anilines is 1. The second-order valence-corrected chi connectivity index (χ2v) is 7.07. The predicted octanol–water partition coefficient (Wildman–Crippen LogP) is 2.00. The van der Waals surface area contributed by atoms with Gasteiger partial charge in [0.1, 0.15) is 0 Å². The summed E-state index contributed by atoms with van der Waals surface area (Å²) in [6.45, 7) is 4.12. The van der Waals surface area contributed by atoms with Crippen molar-refractivity contribution < 1.29 is 14.4 Å². The van der Waals surface area contributed by atoms with Crippen molar-refractivity contribution in [2.75, 3.05) is 24.5 Å². The Hall–Kier alpha value is -2.37. The number of carbonyl (C=O) groups is 3. The van der Waals surface area contributed by atoms with Gasteiger partial charge in [-0.05, 0) is 36.3 Å². The molecule has 4 rings (SSSR count). The van der Waals surface area contributed by atoms with Crippen molar-refractivity contribution in [3.63, 3.8) is 0 Å². The number of hydrogen-bond donors (Lipinski definition) is 1. The molecule has 3 fully saturated rings. The van der Waals surface area contributed by atoms with Gasteiger partial charge in [-0.1, -0.05) is 19.1 Å². The Morgan fingerprint density at radius 2 is 2.12 bits per heavy atom. The summed E-state index contributed by atoms with van der Waals surface area (Å²) >= 11 is 0. The highest BCUT2D eigenvalue weighted by Gasteiger charge is 2.59. The van der Waals surface area contributed by atoms with Crippen molar-refractivity contribution >= 4 is 23.5 Å². The first-order valence-electron chi connectivity index (χ1n) is 8.54. The molecule has 2 unspecified atom stereocenters. The quantitative estimate of drug-likeness (QED) is 0.923. The Morgan fingerprint density at radius 1 is 1.33 bits per heavy atom. The van der Waals surface area contributed by atoms with E-state index in [0.717, 1.165) is 19.5 Å². The van der Waals surface area contributed by atoms with Gasteiger partial charge in [-0.3, -0.25) is 19.8 Å². The van der Waals surface area contributed by atoms with E-state index in [1.807, 2.05) is 17.0 Å². The van der Waals surface area contributed by atoms with Crippen molar-refractivity contribution in [2.45, 2.75) is 26.2 Å². The van der Waals surface area contributed by atoms with Crippen LogP contribution < -0.4 is 10.2 Å². The number of amides is 4. The van der Waals surface area contributed by atoms with Crippen LogP contribution in [0.25, 0.3) is 0 Å². The number of para-hydroxylation sites is 1. The topological polar surface area (TPSA) is 69.7 Å². The van der Waals surface area contributed by atoms with Gasteiger partial charge < -0.3 is 4.90 Å². The van der Waals surface area contributed by atoms with E-state index in [1.165, 1.54) is 11.3 Å². The molecule has 24 heavy (non-hydrogen) atoms. The number of fused-ring (bicyclic) bond motifs is 1. The summed E-state index contributed by atoms with van der Waals surface area (Å²) in [5.41, 5.74) is 1.45. The summed E-state index contributed by atoms with van der Waals surface area (Å²) in [6, 6.07) is 6.71. The van der Waals surface area contributed by atoms with Gasteiger partial charge in [0.25, 0.3) is 5.91 Å². The Labute approximate surface area is 140 Å². The molecular formula is C18H21N3O3. The van der Waals surface area contributed by atoms with Crippen LogP contribution in [0.1, 0.15) is 36.5 Å². The van der Waals surface area contributed by atoms with E-state index in [4.69, 9.17) is 0 Å². The number of likely N-dealkylation sites (tertiary alicyclic amines) is 1. The van der Waals surface area contributed by atoms with E-state index in [-0.39, 0.29) is 18.2 Å². The zero-order valence-corrected chi connectivity index (χ0v) is 13.7. The van der Waals surface area contributed by atoms with Crippen LogP contribution in [0.5, 0.6) is 0 Å². The molecule has 2 atom stereocenters. The first-order valence-corrected chi connectivity index (χ1v) is 8.54. The number of hydrogen-bond acceptors (Lipinski definition) is 3. The summed E-state index contributed by atoms with van der Waals surface area (Å²) in [7, 11) is 0. The van der Waals surface area contributed by atoms with Gasteiger partial charge in [-0.2, -0.15) is 0 Å². The summed E-state index contributed by atoms with van der Waals surface area (Å²) in [4.78, 5) is 39.9. The van der Waals surface area contributed by atoms with Crippen molar-refractivity contribution in [3.05, 3.63) is 29.8 Å². The lowest BCUT2D eigenvalue weighted by atomic mass is 10.0. The van der Waals surface area contributed by atoms with Crippen LogP contribution in [0.3, 0.4) is 0 Å². The zero-order valence-electron chi connectivity index (χ0n) is 13.7. The van der Waals surface area contributed by atoms with E-state index in [1.54, 1.807) is 12.1 Å². The standard InChI is InChI=1S/C18H21N3O3/c1-2-18-9-12(18)10-20(11-18)16(23)13-5-3-4-6-14(13)21-8-7-15(22)19-17(21)24/h3-6,12H,2,7-11H2,1H3,(H,19,22,24). The van der Waals surface area contributed by atoms with E-state index in [0.29, 0.717) is 29.1 Å². The molecule has 1 aliphatic carbocycles. The average molecular weight is 327 g/mol. The third-order valence-corrected chi connectivity index (χ3v) is 5.78. The van der Waals surface area contributed by atoms with Crippen molar-refractivity contribution in [3.8, 4) is 0 Å². The van der Waals surface area contributed by atoms with E-state index in [9.17, 15) is 14.4 Å². The molecule has 6 nitrogen and oxygen atoms in total. The van der Waals surface area contributed by atoms with Crippen LogP contribution in [-0.2, 0) is 4.79 Å². The Morgan fingerprint density at radius 3 is 2.83 bits per heavy atom. The zero-order chi connectivity index (χ0) is 16.9. The number of rotatable bonds is 3. The number of piperidine rings is 1. The van der Waals surface area contributed by atoms with Crippen LogP contribution in [0.4, 0.5) is 10.5 Å². The molecule has 0 bridgehead atoms. The molecule has 0 radical (unpaired) electrons. The van der Waals surface area contributed by atoms with E-state index >= 15 is 0 Å².